The number of hydrogen-bond donors (Lipinski definition) is 1. The van der Waals surface area contributed by atoms with E-state index >= 15 is 0 Å². The normalized spacial score (nSPS) is 15.1. The maximum atomic E-state index is 12.9. The van der Waals surface area contributed by atoms with Crippen molar-refractivity contribution in [3.05, 3.63) is 82.8 Å². The van der Waals surface area contributed by atoms with Crippen molar-refractivity contribution in [3.8, 4) is 17.2 Å². The third-order valence-electron chi connectivity index (χ3n) is 5.27. The first-order chi connectivity index (χ1) is 18.2. The van der Waals surface area contributed by atoms with Gasteiger partial charge in [-0.15, -0.1) is 0 Å². The zero-order valence-electron chi connectivity index (χ0n) is 19.8. The third kappa shape index (κ3) is 6.32. The van der Waals surface area contributed by atoms with Gasteiger partial charge in [0.15, 0.2) is 11.5 Å². The zero-order valence-corrected chi connectivity index (χ0v) is 20.6. The lowest BCUT2D eigenvalue weighted by molar-refractivity contribution is -0.137. The number of imide groups is 1. The number of hydrogen-bond acceptors (Lipinski definition) is 8. The largest absolute Gasteiger partial charge is 0.507 e. The number of carbonyl (C=O) groups excluding carboxylic acids is 2. The average Bonchev–Trinajstić information content (AvgIpc) is 3.16. The Labute approximate surface area is 219 Å². The molecule has 0 atom stereocenters. The molecule has 3 aromatic carbocycles. The van der Waals surface area contributed by atoms with Gasteiger partial charge in [0.25, 0.3) is 11.1 Å². The molecule has 0 unspecified atom stereocenters. The number of carbonyl (C=O) groups is 2. The molecule has 4 rings (SSSR count). The van der Waals surface area contributed by atoms with E-state index in [9.17, 15) is 27.9 Å². The Hall–Kier alpha value is -4.32. The molecule has 0 aliphatic carbocycles. The topological polar surface area (TPSA) is 101 Å². The summed E-state index contributed by atoms with van der Waals surface area (Å²) < 4.78 is 49.6. The number of thioether (sulfide) groups is 1. The first-order valence-electron chi connectivity index (χ1n) is 11.1. The van der Waals surface area contributed by atoms with E-state index < -0.39 is 22.9 Å². The van der Waals surface area contributed by atoms with E-state index in [4.69, 9.17) is 9.47 Å². The number of amides is 2. The van der Waals surface area contributed by atoms with Crippen LogP contribution >= 0.6 is 11.8 Å². The molecule has 1 N–H and O–H groups in total. The number of methoxy groups -OCH3 is 1. The summed E-state index contributed by atoms with van der Waals surface area (Å²) in [6, 6.07) is 15.4. The summed E-state index contributed by atoms with van der Waals surface area (Å²) in [4.78, 5) is 26.4. The minimum absolute atomic E-state index is 0.00270. The number of alkyl halides is 3. The van der Waals surface area contributed by atoms with Crippen LogP contribution in [0, 0.1) is 0 Å². The second kappa shape index (κ2) is 11.4. The van der Waals surface area contributed by atoms with Crippen LogP contribution in [0.25, 0.3) is 6.08 Å². The molecular weight excluding hydrogens is 523 g/mol. The summed E-state index contributed by atoms with van der Waals surface area (Å²) in [6.45, 7) is 0.0413. The van der Waals surface area contributed by atoms with Gasteiger partial charge < -0.3 is 14.6 Å². The highest BCUT2D eigenvalue weighted by molar-refractivity contribution is 8.18. The Kier molecular flexibility index (Phi) is 8.01. The highest BCUT2D eigenvalue weighted by Crippen LogP contribution is 2.36. The van der Waals surface area contributed by atoms with E-state index in [0.717, 1.165) is 17.0 Å². The molecule has 0 bridgehead atoms. The van der Waals surface area contributed by atoms with Crippen LogP contribution in [0.5, 0.6) is 17.2 Å². The number of rotatable bonds is 8. The third-order valence-corrected chi connectivity index (χ3v) is 6.17. The molecule has 1 heterocycles. The summed E-state index contributed by atoms with van der Waals surface area (Å²) in [5.41, 5.74) is -0.465. The summed E-state index contributed by atoms with van der Waals surface area (Å²) in [7, 11) is 1.50. The zero-order chi connectivity index (χ0) is 27.3. The molecule has 1 fully saturated rings. The van der Waals surface area contributed by atoms with Gasteiger partial charge in [0, 0.05) is 5.56 Å². The maximum Gasteiger partial charge on any atom is 0.416 e. The van der Waals surface area contributed by atoms with E-state index in [1.807, 2.05) is 0 Å². The Balaban J connectivity index is 1.46. The number of ether oxygens (including phenoxy) is 2. The van der Waals surface area contributed by atoms with Crippen LogP contribution in [-0.2, 0) is 11.0 Å². The van der Waals surface area contributed by atoms with Crippen LogP contribution in [0.3, 0.4) is 0 Å². The van der Waals surface area contributed by atoms with Crippen molar-refractivity contribution in [1.82, 2.24) is 4.90 Å². The van der Waals surface area contributed by atoms with Crippen LogP contribution in [0.1, 0.15) is 11.1 Å². The van der Waals surface area contributed by atoms with E-state index in [1.54, 1.807) is 24.3 Å². The maximum absolute atomic E-state index is 12.9. The van der Waals surface area contributed by atoms with Crippen LogP contribution in [0.4, 0.5) is 29.3 Å². The fraction of sp³-hybridized carbons (Fsp3) is 0.154. The second-order valence-electron chi connectivity index (χ2n) is 7.82. The molecule has 1 aliphatic heterocycles. The lowest BCUT2D eigenvalue weighted by atomic mass is 10.1. The Bertz CT molecular complexity index is 1430. The smallest absolute Gasteiger partial charge is 0.416 e. The molecular formula is C26H20F3N3O5S. The van der Waals surface area contributed by atoms with Gasteiger partial charge in [0.1, 0.15) is 12.4 Å². The van der Waals surface area contributed by atoms with E-state index in [-0.39, 0.29) is 40.7 Å². The Morgan fingerprint density at radius 1 is 0.974 bits per heavy atom. The van der Waals surface area contributed by atoms with Crippen molar-refractivity contribution in [1.29, 1.82) is 0 Å². The fourth-order valence-corrected chi connectivity index (χ4v) is 4.25. The molecule has 196 valence electrons. The number of halogens is 3. The number of para-hydroxylation sites is 2. The molecule has 0 radical (unpaired) electrons. The first kappa shape index (κ1) is 26.7. The molecule has 0 spiro atoms. The molecule has 12 heteroatoms. The van der Waals surface area contributed by atoms with Gasteiger partial charge in [-0.2, -0.15) is 23.4 Å². The van der Waals surface area contributed by atoms with E-state index in [2.05, 4.69) is 10.2 Å². The number of phenolic OH excluding ortho intramolecular Hbond substituents is 1. The number of azo groups is 1. The Morgan fingerprint density at radius 3 is 2.39 bits per heavy atom. The average molecular weight is 544 g/mol. The van der Waals surface area contributed by atoms with Gasteiger partial charge in [-0.25, -0.2) is 0 Å². The van der Waals surface area contributed by atoms with Gasteiger partial charge in [-0.05, 0) is 66.4 Å². The lowest BCUT2D eigenvalue weighted by Gasteiger charge is -2.14. The molecule has 0 aromatic heterocycles. The van der Waals surface area contributed by atoms with Crippen LogP contribution in [0.2, 0.25) is 0 Å². The molecule has 2 amide bonds. The molecule has 1 aliphatic rings. The minimum Gasteiger partial charge on any atom is -0.507 e. The van der Waals surface area contributed by atoms with Crippen LogP contribution in [-0.4, -0.2) is 41.4 Å². The molecule has 0 saturated carbocycles. The van der Waals surface area contributed by atoms with Crippen LogP contribution < -0.4 is 9.47 Å². The van der Waals surface area contributed by atoms with Crippen molar-refractivity contribution in [2.75, 3.05) is 20.3 Å². The van der Waals surface area contributed by atoms with Crippen molar-refractivity contribution in [3.63, 3.8) is 0 Å². The van der Waals surface area contributed by atoms with Crippen molar-refractivity contribution < 1.29 is 37.3 Å². The van der Waals surface area contributed by atoms with Crippen LogP contribution in [0.15, 0.2) is 81.9 Å². The molecule has 1 saturated heterocycles. The van der Waals surface area contributed by atoms with Gasteiger partial charge in [-0.1, -0.05) is 18.2 Å². The monoisotopic (exact) mass is 543 g/mol. The number of benzene rings is 3. The summed E-state index contributed by atoms with van der Waals surface area (Å²) in [6.07, 6.45) is -3.18. The van der Waals surface area contributed by atoms with Gasteiger partial charge in [0.2, 0.25) is 0 Å². The highest BCUT2D eigenvalue weighted by atomic mass is 32.2. The first-order valence-corrected chi connectivity index (χ1v) is 11.9. The van der Waals surface area contributed by atoms with Crippen molar-refractivity contribution in [2.45, 2.75) is 6.18 Å². The standard InChI is InChI=1S/C26H20F3N3O5S/c1-36-21-7-2-3-8-22(21)37-12-11-32-24(34)23(38-25(32)35)14-16-13-19(9-10-20(16)33)31-30-18-6-4-5-17(15-18)26(27,28)29/h2-10,13-15,33H,11-12H2,1H3/b23-14-,31-30?. The second-order valence-corrected chi connectivity index (χ2v) is 8.82. The van der Waals surface area contributed by atoms with Gasteiger partial charge in [0.05, 0.1) is 35.5 Å². The van der Waals surface area contributed by atoms with Gasteiger partial charge in [-0.3, -0.25) is 14.5 Å². The fourth-order valence-electron chi connectivity index (χ4n) is 3.40. The minimum atomic E-state index is -4.51. The summed E-state index contributed by atoms with van der Waals surface area (Å²) in [5.74, 6) is 0.244. The lowest BCUT2D eigenvalue weighted by Crippen LogP contribution is -2.32. The Morgan fingerprint density at radius 2 is 1.68 bits per heavy atom. The molecule has 38 heavy (non-hydrogen) atoms. The molecule has 3 aromatic rings. The van der Waals surface area contributed by atoms with E-state index in [1.165, 1.54) is 43.5 Å². The summed E-state index contributed by atoms with van der Waals surface area (Å²) in [5, 5.41) is 17.5. The molecule has 8 nitrogen and oxygen atoms in total. The number of nitrogens with zero attached hydrogens (tertiary/aromatic N) is 3. The number of aromatic hydroxyl groups is 1. The van der Waals surface area contributed by atoms with Crippen molar-refractivity contribution in [2.24, 2.45) is 10.2 Å². The quantitative estimate of drug-likeness (QED) is 0.244. The van der Waals surface area contributed by atoms with Crippen molar-refractivity contribution >= 4 is 40.4 Å². The van der Waals surface area contributed by atoms with E-state index in [0.29, 0.717) is 23.3 Å². The predicted molar refractivity (Wildman–Crippen MR) is 135 cm³/mol. The summed E-state index contributed by atoms with van der Waals surface area (Å²) >= 11 is 0.706. The SMILES string of the molecule is COc1ccccc1OCCN1C(=O)S/C(=C\c2cc(N=Nc3cccc(C(F)(F)F)c3)ccc2O)C1=O. The highest BCUT2D eigenvalue weighted by Gasteiger charge is 2.35. The predicted octanol–water partition coefficient (Wildman–Crippen LogP) is 6.95. The number of phenols is 1. The van der Waals surface area contributed by atoms with Gasteiger partial charge >= 0.3 is 6.18 Å².